The summed E-state index contributed by atoms with van der Waals surface area (Å²) in [5.41, 5.74) is 1.89. The van der Waals surface area contributed by atoms with Gasteiger partial charge in [0.1, 0.15) is 0 Å². The maximum absolute atomic E-state index is 11.4. The number of rotatable bonds is 2. The molecule has 0 aromatic heterocycles. The van der Waals surface area contributed by atoms with Gasteiger partial charge in [-0.05, 0) is 54.4 Å². The predicted molar refractivity (Wildman–Crippen MR) is 66.2 cm³/mol. The van der Waals surface area contributed by atoms with Crippen LogP contribution in [0.15, 0.2) is 22.7 Å². The van der Waals surface area contributed by atoms with Crippen LogP contribution < -0.4 is 10.6 Å². The average Bonchev–Trinajstić information content (AvgIpc) is 2.10. The van der Waals surface area contributed by atoms with Gasteiger partial charge >= 0.3 is 6.03 Å². The number of nitrogens with one attached hydrogen (secondary N) is 2. The van der Waals surface area contributed by atoms with Crippen molar-refractivity contribution in [2.45, 2.75) is 26.8 Å². The normalized spacial score (nSPS) is 10.2. The van der Waals surface area contributed by atoms with E-state index >= 15 is 0 Å². The van der Waals surface area contributed by atoms with Crippen molar-refractivity contribution in [3.63, 3.8) is 0 Å². The van der Waals surface area contributed by atoms with Gasteiger partial charge in [0.15, 0.2) is 0 Å². The Hall–Kier alpha value is -1.03. The van der Waals surface area contributed by atoms with Crippen LogP contribution in [0.25, 0.3) is 0 Å². The number of amides is 2. The molecule has 0 aliphatic carbocycles. The zero-order valence-corrected chi connectivity index (χ0v) is 10.7. The van der Waals surface area contributed by atoms with Crippen molar-refractivity contribution in [3.05, 3.63) is 28.2 Å². The molecular formula is C11H15BrN2O. The smallest absolute Gasteiger partial charge is 0.319 e. The van der Waals surface area contributed by atoms with Gasteiger partial charge in [0.25, 0.3) is 0 Å². The maximum Gasteiger partial charge on any atom is 0.319 e. The zero-order chi connectivity index (χ0) is 11.4. The molecule has 0 saturated heterocycles. The van der Waals surface area contributed by atoms with Crippen molar-refractivity contribution in [3.8, 4) is 0 Å². The van der Waals surface area contributed by atoms with Crippen LogP contribution in [-0.2, 0) is 0 Å². The van der Waals surface area contributed by atoms with Crippen molar-refractivity contribution in [1.82, 2.24) is 5.32 Å². The van der Waals surface area contributed by atoms with Crippen LogP contribution in [0.4, 0.5) is 10.5 Å². The third-order valence-corrected chi connectivity index (χ3v) is 2.48. The maximum atomic E-state index is 11.4. The van der Waals surface area contributed by atoms with Gasteiger partial charge in [-0.1, -0.05) is 6.07 Å². The second kappa shape index (κ2) is 5.16. The number of carbonyl (C=O) groups excluding carboxylic acids is 1. The molecule has 2 N–H and O–H groups in total. The number of halogens is 1. The highest BCUT2D eigenvalue weighted by Gasteiger charge is 2.05. The molecule has 82 valence electrons. The molecule has 0 saturated carbocycles. The minimum atomic E-state index is -0.184. The number of hydrogen-bond donors (Lipinski definition) is 2. The first kappa shape index (κ1) is 12.0. The van der Waals surface area contributed by atoms with Gasteiger partial charge in [-0.25, -0.2) is 4.79 Å². The van der Waals surface area contributed by atoms with E-state index in [0.29, 0.717) is 0 Å². The van der Waals surface area contributed by atoms with Crippen molar-refractivity contribution < 1.29 is 4.79 Å². The van der Waals surface area contributed by atoms with E-state index < -0.39 is 0 Å². The summed E-state index contributed by atoms with van der Waals surface area (Å²) in [6.07, 6.45) is 0. The summed E-state index contributed by atoms with van der Waals surface area (Å²) in [6.45, 7) is 5.83. The minimum Gasteiger partial charge on any atom is -0.336 e. The highest BCUT2D eigenvalue weighted by atomic mass is 79.9. The van der Waals surface area contributed by atoms with Gasteiger partial charge in [-0.2, -0.15) is 0 Å². The number of anilines is 1. The van der Waals surface area contributed by atoms with Crippen molar-refractivity contribution >= 4 is 27.6 Å². The van der Waals surface area contributed by atoms with E-state index in [0.717, 1.165) is 15.7 Å². The van der Waals surface area contributed by atoms with Gasteiger partial charge in [-0.3, -0.25) is 0 Å². The Bertz CT molecular complexity index is 364. The molecule has 0 heterocycles. The third-order valence-electron chi connectivity index (χ3n) is 1.79. The second-order valence-corrected chi connectivity index (χ2v) is 4.59. The molecule has 1 aromatic rings. The Morgan fingerprint density at radius 1 is 1.40 bits per heavy atom. The van der Waals surface area contributed by atoms with E-state index in [4.69, 9.17) is 0 Å². The number of hydrogen-bond acceptors (Lipinski definition) is 1. The minimum absolute atomic E-state index is 0.133. The fraction of sp³-hybridized carbons (Fsp3) is 0.364. The molecule has 15 heavy (non-hydrogen) atoms. The Morgan fingerprint density at radius 2 is 2.07 bits per heavy atom. The SMILES string of the molecule is Cc1ccc(Br)c(NC(=O)NC(C)C)c1. The quantitative estimate of drug-likeness (QED) is 0.851. The lowest BCUT2D eigenvalue weighted by Crippen LogP contribution is -2.34. The van der Waals surface area contributed by atoms with Crippen LogP contribution in [0.3, 0.4) is 0 Å². The highest BCUT2D eigenvalue weighted by Crippen LogP contribution is 2.23. The Labute approximate surface area is 98.4 Å². The molecule has 0 bridgehead atoms. The van der Waals surface area contributed by atoms with E-state index in [1.807, 2.05) is 39.0 Å². The highest BCUT2D eigenvalue weighted by molar-refractivity contribution is 9.10. The molecule has 0 radical (unpaired) electrons. The Balaban J connectivity index is 2.71. The lowest BCUT2D eigenvalue weighted by molar-refractivity contribution is 0.250. The van der Waals surface area contributed by atoms with Crippen LogP contribution in [-0.4, -0.2) is 12.1 Å². The molecule has 0 atom stereocenters. The molecule has 0 spiro atoms. The largest absolute Gasteiger partial charge is 0.336 e. The van der Waals surface area contributed by atoms with Crippen LogP contribution in [0, 0.1) is 6.92 Å². The Kier molecular flexibility index (Phi) is 4.15. The van der Waals surface area contributed by atoms with Crippen molar-refractivity contribution in [2.75, 3.05) is 5.32 Å². The van der Waals surface area contributed by atoms with Gasteiger partial charge in [0.2, 0.25) is 0 Å². The average molecular weight is 271 g/mol. The summed E-state index contributed by atoms with van der Waals surface area (Å²) < 4.78 is 0.881. The van der Waals surface area contributed by atoms with E-state index in [9.17, 15) is 4.79 Å². The number of urea groups is 1. The molecule has 0 fully saturated rings. The van der Waals surface area contributed by atoms with Crippen molar-refractivity contribution in [1.29, 1.82) is 0 Å². The first-order valence-electron chi connectivity index (χ1n) is 4.82. The lowest BCUT2D eigenvalue weighted by atomic mass is 10.2. The summed E-state index contributed by atoms with van der Waals surface area (Å²) in [5, 5.41) is 5.55. The monoisotopic (exact) mass is 270 g/mol. The van der Waals surface area contributed by atoms with E-state index in [1.54, 1.807) is 0 Å². The van der Waals surface area contributed by atoms with Gasteiger partial charge in [0, 0.05) is 10.5 Å². The van der Waals surface area contributed by atoms with Crippen LogP contribution in [0.2, 0.25) is 0 Å². The second-order valence-electron chi connectivity index (χ2n) is 3.74. The van der Waals surface area contributed by atoms with E-state index in [1.165, 1.54) is 0 Å². The number of aryl methyl sites for hydroxylation is 1. The van der Waals surface area contributed by atoms with Crippen LogP contribution in [0.1, 0.15) is 19.4 Å². The summed E-state index contributed by atoms with van der Waals surface area (Å²) in [4.78, 5) is 11.4. The van der Waals surface area contributed by atoms with Gasteiger partial charge in [-0.15, -0.1) is 0 Å². The third kappa shape index (κ3) is 3.91. The number of benzene rings is 1. The van der Waals surface area contributed by atoms with Crippen LogP contribution >= 0.6 is 15.9 Å². The summed E-state index contributed by atoms with van der Waals surface area (Å²) in [5.74, 6) is 0. The molecule has 0 aliphatic rings. The first-order valence-corrected chi connectivity index (χ1v) is 5.62. The van der Waals surface area contributed by atoms with E-state index in [-0.39, 0.29) is 12.1 Å². The summed E-state index contributed by atoms with van der Waals surface area (Å²) in [6, 6.07) is 5.77. The molecule has 0 aliphatic heterocycles. The van der Waals surface area contributed by atoms with Crippen molar-refractivity contribution in [2.24, 2.45) is 0 Å². The first-order chi connectivity index (χ1) is 6.99. The fourth-order valence-electron chi connectivity index (χ4n) is 1.16. The molecule has 2 amide bonds. The molecule has 3 nitrogen and oxygen atoms in total. The van der Waals surface area contributed by atoms with E-state index in [2.05, 4.69) is 26.6 Å². The topological polar surface area (TPSA) is 41.1 Å². The lowest BCUT2D eigenvalue weighted by Gasteiger charge is -2.11. The predicted octanol–water partition coefficient (Wildman–Crippen LogP) is 3.29. The molecule has 4 heteroatoms. The summed E-state index contributed by atoms with van der Waals surface area (Å²) >= 11 is 3.38. The number of carbonyl (C=O) groups is 1. The van der Waals surface area contributed by atoms with Gasteiger partial charge < -0.3 is 10.6 Å². The molecule has 0 unspecified atom stereocenters. The van der Waals surface area contributed by atoms with Crippen LogP contribution in [0.5, 0.6) is 0 Å². The van der Waals surface area contributed by atoms with Gasteiger partial charge in [0.05, 0.1) is 5.69 Å². The molecule has 1 rings (SSSR count). The standard InChI is InChI=1S/C11H15BrN2O/c1-7(2)13-11(15)14-10-6-8(3)4-5-9(10)12/h4-7H,1-3H3,(H2,13,14,15). The molecule has 1 aromatic carbocycles. The zero-order valence-electron chi connectivity index (χ0n) is 9.10. The fourth-order valence-corrected chi connectivity index (χ4v) is 1.50. The molecular weight excluding hydrogens is 256 g/mol. The Morgan fingerprint density at radius 3 is 2.67 bits per heavy atom. The summed E-state index contributed by atoms with van der Waals surface area (Å²) in [7, 11) is 0.